The molecule has 0 aliphatic rings. The molecule has 0 spiro atoms. The van der Waals surface area contributed by atoms with E-state index in [4.69, 9.17) is 0 Å². The average molecular weight is 427 g/mol. The molecule has 156 valence electrons. The SMILES string of the molecule is Cc1ccc(C)c([C@@H](C)NC(=O)c2cccc(S(=O)(=O)Nc3ccc(F)cc3)c2)c1. The minimum atomic E-state index is -3.93. The molecule has 7 heteroatoms. The first-order valence-electron chi connectivity index (χ1n) is 9.42. The van der Waals surface area contributed by atoms with Gasteiger partial charge >= 0.3 is 0 Å². The summed E-state index contributed by atoms with van der Waals surface area (Å²) in [6.07, 6.45) is 0. The van der Waals surface area contributed by atoms with Crippen molar-refractivity contribution >= 4 is 21.6 Å². The summed E-state index contributed by atoms with van der Waals surface area (Å²) in [5, 5.41) is 2.92. The van der Waals surface area contributed by atoms with Crippen molar-refractivity contribution in [2.24, 2.45) is 0 Å². The largest absolute Gasteiger partial charge is 0.346 e. The fourth-order valence-corrected chi connectivity index (χ4v) is 4.22. The van der Waals surface area contributed by atoms with Crippen LogP contribution in [0.1, 0.15) is 40.0 Å². The van der Waals surface area contributed by atoms with Gasteiger partial charge in [-0.25, -0.2) is 12.8 Å². The number of halogens is 1. The minimum Gasteiger partial charge on any atom is -0.346 e. The minimum absolute atomic E-state index is 0.0566. The quantitative estimate of drug-likeness (QED) is 0.598. The van der Waals surface area contributed by atoms with Gasteiger partial charge in [-0.15, -0.1) is 0 Å². The van der Waals surface area contributed by atoms with Crippen LogP contribution in [0.15, 0.2) is 71.6 Å². The number of carbonyl (C=O) groups is 1. The molecular formula is C23H23FN2O3S. The highest BCUT2D eigenvalue weighted by atomic mass is 32.2. The first-order chi connectivity index (χ1) is 14.2. The summed E-state index contributed by atoms with van der Waals surface area (Å²) in [7, 11) is -3.93. The second kappa shape index (κ2) is 8.67. The first-order valence-corrected chi connectivity index (χ1v) is 10.9. The topological polar surface area (TPSA) is 75.3 Å². The Balaban J connectivity index is 1.79. The molecule has 1 amide bonds. The smallest absolute Gasteiger partial charge is 0.261 e. The van der Waals surface area contributed by atoms with Crippen LogP contribution in [0, 0.1) is 19.7 Å². The molecule has 3 rings (SSSR count). The zero-order valence-electron chi connectivity index (χ0n) is 16.9. The van der Waals surface area contributed by atoms with Crippen LogP contribution in [-0.2, 0) is 10.0 Å². The summed E-state index contributed by atoms with van der Waals surface area (Å²) >= 11 is 0. The molecule has 0 aliphatic carbocycles. The highest BCUT2D eigenvalue weighted by Crippen LogP contribution is 2.21. The molecule has 3 aromatic carbocycles. The zero-order chi connectivity index (χ0) is 21.9. The molecule has 0 unspecified atom stereocenters. The Morgan fingerprint density at radius 2 is 1.67 bits per heavy atom. The Kier molecular flexibility index (Phi) is 6.22. The Morgan fingerprint density at radius 1 is 0.967 bits per heavy atom. The van der Waals surface area contributed by atoms with Crippen molar-refractivity contribution in [1.29, 1.82) is 0 Å². The van der Waals surface area contributed by atoms with Crippen molar-refractivity contribution in [2.75, 3.05) is 4.72 Å². The Hall–Kier alpha value is -3.19. The predicted octanol–water partition coefficient (Wildman–Crippen LogP) is 4.73. The third kappa shape index (κ3) is 5.04. The van der Waals surface area contributed by atoms with Gasteiger partial charge in [0.1, 0.15) is 5.82 Å². The second-order valence-corrected chi connectivity index (χ2v) is 8.88. The van der Waals surface area contributed by atoms with Gasteiger partial charge < -0.3 is 5.32 Å². The second-order valence-electron chi connectivity index (χ2n) is 7.20. The van der Waals surface area contributed by atoms with E-state index in [1.54, 1.807) is 6.07 Å². The normalized spacial score (nSPS) is 12.3. The summed E-state index contributed by atoms with van der Waals surface area (Å²) in [4.78, 5) is 12.7. The Morgan fingerprint density at radius 3 is 2.37 bits per heavy atom. The molecule has 5 nitrogen and oxygen atoms in total. The number of hydrogen-bond acceptors (Lipinski definition) is 3. The third-order valence-corrected chi connectivity index (χ3v) is 6.13. The molecule has 3 aromatic rings. The number of amides is 1. The molecule has 0 fully saturated rings. The van der Waals surface area contributed by atoms with Gasteiger partial charge in [0.05, 0.1) is 10.9 Å². The van der Waals surface area contributed by atoms with Crippen molar-refractivity contribution < 1.29 is 17.6 Å². The zero-order valence-corrected chi connectivity index (χ0v) is 17.8. The molecular weight excluding hydrogens is 403 g/mol. The van der Waals surface area contributed by atoms with Gasteiger partial charge in [-0.2, -0.15) is 0 Å². The first kappa shape index (κ1) is 21.5. The summed E-state index contributed by atoms with van der Waals surface area (Å²) in [5.74, 6) is -0.836. The number of benzene rings is 3. The lowest BCUT2D eigenvalue weighted by atomic mass is 10.00. The Bertz CT molecular complexity index is 1180. The lowest BCUT2D eigenvalue weighted by molar-refractivity contribution is 0.0939. The molecule has 0 heterocycles. The molecule has 0 aromatic heterocycles. The molecule has 1 atom stereocenters. The summed E-state index contributed by atoms with van der Waals surface area (Å²) < 4.78 is 40.7. The number of rotatable bonds is 6. The predicted molar refractivity (Wildman–Crippen MR) is 115 cm³/mol. The maximum Gasteiger partial charge on any atom is 0.261 e. The van der Waals surface area contributed by atoms with Crippen molar-refractivity contribution in [2.45, 2.75) is 31.7 Å². The molecule has 0 bridgehead atoms. The number of hydrogen-bond donors (Lipinski definition) is 2. The average Bonchev–Trinajstić information content (AvgIpc) is 2.71. The van der Waals surface area contributed by atoms with Crippen LogP contribution in [0.5, 0.6) is 0 Å². The van der Waals surface area contributed by atoms with Crippen molar-refractivity contribution in [1.82, 2.24) is 5.32 Å². The number of aryl methyl sites for hydroxylation is 2. The van der Waals surface area contributed by atoms with E-state index >= 15 is 0 Å². The van der Waals surface area contributed by atoms with Crippen LogP contribution in [0.2, 0.25) is 0 Å². The van der Waals surface area contributed by atoms with E-state index in [-0.39, 0.29) is 28.1 Å². The molecule has 30 heavy (non-hydrogen) atoms. The van der Waals surface area contributed by atoms with Gasteiger partial charge in [-0.05, 0) is 74.4 Å². The summed E-state index contributed by atoms with van der Waals surface area (Å²) in [6.45, 7) is 5.85. The van der Waals surface area contributed by atoms with Gasteiger partial charge in [0.25, 0.3) is 15.9 Å². The van der Waals surface area contributed by atoms with Gasteiger partial charge in [-0.1, -0.05) is 29.8 Å². The number of nitrogens with one attached hydrogen (secondary N) is 2. The van der Waals surface area contributed by atoms with E-state index in [0.29, 0.717) is 0 Å². The maximum atomic E-state index is 13.0. The Labute approximate surface area is 176 Å². The van der Waals surface area contributed by atoms with E-state index in [1.807, 2.05) is 39.0 Å². The van der Waals surface area contributed by atoms with E-state index in [2.05, 4.69) is 10.0 Å². The van der Waals surface area contributed by atoms with E-state index in [1.165, 1.54) is 30.3 Å². The highest BCUT2D eigenvalue weighted by molar-refractivity contribution is 7.92. The van der Waals surface area contributed by atoms with Crippen LogP contribution < -0.4 is 10.0 Å². The molecule has 0 aliphatic heterocycles. The van der Waals surface area contributed by atoms with E-state index < -0.39 is 15.8 Å². The van der Waals surface area contributed by atoms with Crippen LogP contribution in [0.25, 0.3) is 0 Å². The van der Waals surface area contributed by atoms with Crippen LogP contribution in [0.4, 0.5) is 10.1 Å². The maximum absolute atomic E-state index is 13.0. The number of anilines is 1. The molecule has 2 N–H and O–H groups in total. The van der Waals surface area contributed by atoms with E-state index in [0.717, 1.165) is 28.8 Å². The van der Waals surface area contributed by atoms with Crippen LogP contribution in [0.3, 0.4) is 0 Å². The van der Waals surface area contributed by atoms with Crippen molar-refractivity contribution in [3.8, 4) is 0 Å². The van der Waals surface area contributed by atoms with Gasteiger partial charge in [-0.3, -0.25) is 9.52 Å². The van der Waals surface area contributed by atoms with E-state index in [9.17, 15) is 17.6 Å². The fourth-order valence-electron chi connectivity index (χ4n) is 3.12. The number of sulfonamides is 1. The highest BCUT2D eigenvalue weighted by Gasteiger charge is 2.18. The summed E-state index contributed by atoms with van der Waals surface area (Å²) in [5.41, 5.74) is 3.62. The monoisotopic (exact) mass is 426 g/mol. The standard InChI is InChI=1S/C23H23FN2O3S/c1-15-7-8-16(2)22(13-15)17(3)25-23(27)18-5-4-6-21(14-18)30(28,29)26-20-11-9-19(24)10-12-20/h4-14,17,26H,1-3H3,(H,25,27)/t17-/m1/s1. The van der Waals surface area contributed by atoms with Crippen LogP contribution in [-0.4, -0.2) is 14.3 Å². The van der Waals surface area contributed by atoms with Gasteiger partial charge in [0.15, 0.2) is 0 Å². The van der Waals surface area contributed by atoms with Crippen molar-refractivity contribution in [3.05, 3.63) is 94.8 Å². The van der Waals surface area contributed by atoms with Gasteiger partial charge in [0, 0.05) is 11.3 Å². The fraction of sp³-hybridized carbons (Fsp3) is 0.174. The lowest BCUT2D eigenvalue weighted by Crippen LogP contribution is -2.27. The molecule has 0 radical (unpaired) electrons. The van der Waals surface area contributed by atoms with Crippen LogP contribution >= 0.6 is 0 Å². The molecule has 0 saturated heterocycles. The van der Waals surface area contributed by atoms with Gasteiger partial charge in [0.2, 0.25) is 0 Å². The summed E-state index contributed by atoms with van der Waals surface area (Å²) in [6, 6.07) is 16.6. The van der Waals surface area contributed by atoms with Crippen molar-refractivity contribution in [3.63, 3.8) is 0 Å². The third-order valence-electron chi connectivity index (χ3n) is 4.75. The lowest BCUT2D eigenvalue weighted by Gasteiger charge is -2.18. The molecule has 0 saturated carbocycles. The number of carbonyl (C=O) groups excluding carboxylic acids is 1.